The number of rotatable bonds is 3. The van der Waals surface area contributed by atoms with E-state index >= 15 is 0 Å². The van der Waals surface area contributed by atoms with Crippen LogP contribution in [-0.2, 0) is 24.2 Å². The topological polar surface area (TPSA) is 104 Å². The molecule has 1 aromatic carbocycles. The van der Waals surface area contributed by atoms with E-state index in [0.29, 0.717) is 22.7 Å². The molecule has 0 aliphatic heterocycles. The zero-order valence-electron chi connectivity index (χ0n) is 17.6. The van der Waals surface area contributed by atoms with Crippen LogP contribution in [0.25, 0.3) is 21.3 Å². The van der Waals surface area contributed by atoms with Crippen LogP contribution in [0.2, 0.25) is 0 Å². The molecule has 1 aliphatic rings. The van der Waals surface area contributed by atoms with Crippen molar-refractivity contribution in [3.8, 4) is 0 Å². The molecule has 0 bridgehead atoms. The largest absolute Gasteiger partial charge is 0.454 e. The van der Waals surface area contributed by atoms with Crippen LogP contribution in [0, 0.1) is 13.8 Å². The third-order valence-corrected chi connectivity index (χ3v) is 6.97. The van der Waals surface area contributed by atoms with E-state index in [1.807, 2.05) is 13.8 Å². The monoisotopic (exact) mass is 433 g/mol. The molecule has 0 radical (unpaired) electrons. The molecular weight excluding hydrogens is 410 g/mol. The van der Waals surface area contributed by atoms with Crippen molar-refractivity contribution in [2.75, 3.05) is 5.73 Å². The summed E-state index contributed by atoms with van der Waals surface area (Å²) in [7, 11) is 0. The molecule has 0 atom stereocenters. The van der Waals surface area contributed by atoms with Crippen molar-refractivity contribution >= 4 is 44.4 Å². The first-order valence-electron chi connectivity index (χ1n) is 10.5. The zero-order valence-corrected chi connectivity index (χ0v) is 18.4. The second-order valence-corrected chi connectivity index (χ2v) is 9.03. The Bertz CT molecular complexity index is 1330. The summed E-state index contributed by atoms with van der Waals surface area (Å²) >= 11 is 1.69. The number of esters is 1. The van der Waals surface area contributed by atoms with E-state index in [2.05, 4.69) is 19.9 Å². The molecule has 5 rings (SSSR count). The number of nitrogens with zero attached hydrogens (tertiary/aromatic N) is 4. The lowest BCUT2D eigenvalue weighted by Crippen LogP contribution is -2.09. The number of fused-ring (bicyclic) bond motifs is 4. The summed E-state index contributed by atoms with van der Waals surface area (Å²) in [5, 5.41) is 0.982. The minimum absolute atomic E-state index is 0.0296. The van der Waals surface area contributed by atoms with Crippen molar-refractivity contribution < 1.29 is 9.53 Å². The first-order valence-corrected chi connectivity index (χ1v) is 11.3. The van der Waals surface area contributed by atoms with Gasteiger partial charge in [-0.25, -0.2) is 24.7 Å². The Labute approximate surface area is 183 Å². The first kappa shape index (κ1) is 19.8. The Balaban J connectivity index is 1.37. The number of carbonyl (C=O) groups excluding carboxylic acids is 1. The van der Waals surface area contributed by atoms with Gasteiger partial charge in [-0.1, -0.05) is 6.42 Å². The minimum Gasteiger partial charge on any atom is -0.454 e. The van der Waals surface area contributed by atoms with Crippen LogP contribution in [0.5, 0.6) is 0 Å². The fourth-order valence-corrected chi connectivity index (χ4v) is 5.33. The van der Waals surface area contributed by atoms with E-state index in [1.165, 1.54) is 29.7 Å². The van der Waals surface area contributed by atoms with Gasteiger partial charge in [-0.05, 0) is 63.3 Å². The Morgan fingerprint density at radius 2 is 1.81 bits per heavy atom. The van der Waals surface area contributed by atoms with Gasteiger partial charge in [0.15, 0.2) is 12.4 Å². The highest BCUT2D eigenvalue weighted by Gasteiger charge is 2.20. The number of aryl methyl sites for hydroxylation is 4. The van der Waals surface area contributed by atoms with Crippen LogP contribution in [0.1, 0.15) is 57.3 Å². The predicted molar refractivity (Wildman–Crippen MR) is 121 cm³/mol. The molecule has 4 aromatic rings. The van der Waals surface area contributed by atoms with Crippen molar-refractivity contribution in [3.05, 3.63) is 51.4 Å². The number of benzene rings is 1. The number of aromatic nitrogens is 4. The number of carbonyl (C=O) groups is 1. The molecule has 0 spiro atoms. The van der Waals surface area contributed by atoms with Crippen molar-refractivity contribution in [2.45, 2.75) is 52.6 Å². The van der Waals surface area contributed by atoms with Crippen LogP contribution >= 0.6 is 11.3 Å². The lowest BCUT2D eigenvalue weighted by Gasteiger charge is -2.07. The van der Waals surface area contributed by atoms with Crippen molar-refractivity contribution in [3.63, 3.8) is 0 Å². The molecule has 0 unspecified atom stereocenters. The maximum absolute atomic E-state index is 12.6. The second kappa shape index (κ2) is 7.85. The van der Waals surface area contributed by atoms with Gasteiger partial charge in [0.05, 0.1) is 33.4 Å². The third-order valence-electron chi connectivity index (χ3n) is 5.78. The van der Waals surface area contributed by atoms with Gasteiger partial charge in [0, 0.05) is 4.88 Å². The summed E-state index contributed by atoms with van der Waals surface area (Å²) in [6.45, 7) is 3.78. The molecule has 0 saturated carbocycles. The van der Waals surface area contributed by atoms with Gasteiger partial charge in [0.1, 0.15) is 10.6 Å². The fourth-order valence-electron chi connectivity index (χ4n) is 4.04. The van der Waals surface area contributed by atoms with E-state index in [-0.39, 0.29) is 6.61 Å². The smallest absolute Gasteiger partial charge is 0.338 e. The van der Waals surface area contributed by atoms with Crippen LogP contribution in [0.4, 0.5) is 5.82 Å². The standard InChI is InChI=1S/C23H23N5O2S/c1-12-13(2)26-17-10-14(8-9-16(17)25-12)23(29)30-11-19-27-21(24)20-15-6-4-3-5-7-18(15)31-22(20)28-19/h8-10H,3-7,11H2,1-2H3,(H2,24,27,28). The Morgan fingerprint density at radius 1 is 1.03 bits per heavy atom. The lowest BCUT2D eigenvalue weighted by atomic mass is 10.1. The Hall–Kier alpha value is -3.13. The molecule has 7 nitrogen and oxygen atoms in total. The molecule has 0 amide bonds. The van der Waals surface area contributed by atoms with Crippen molar-refractivity contribution in [2.24, 2.45) is 0 Å². The molecule has 2 N–H and O–H groups in total. The Morgan fingerprint density at radius 3 is 2.65 bits per heavy atom. The van der Waals surface area contributed by atoms with Gasteiger partial charge in [-0.2, -0.15) is 0 Å². The van der Waals surface area contributed by atoms with Crippen LogP contribution in [0.15, 0.2) is 18.2 Å². The average molecular weight is 434 g/mol. The Kier molecular flexibility index (Phi) is 5.02. The number of anilines is 1. The summed E-state index contributed by atoms with van der Waals surface area (Å²) in [6.07, 6.45) is 5.72. The molecule has 1 aliphatic carbocycles. The van der Waals surface area contributed by atoms with Gasteiger partial charge in [-0.3, -0.25) is 0 Å². The molecule has 0 saturated heterocycles. The molecule has 3 aromatic heterocycles. The van der Waals surface area contributed by atoms with Crippen molar-refractivity contribution in [1.29, 1.82) is 0 Å². The zero-order chi connectivity index (χ0) is 21.5. The van der Waals surface area contributed by atoms with Gasteiger partial charge >= 0.3 is 5.97 Å². The normalized spacial score (nSPS) is 13.9. The number of nitrogens with two attached hydrogens (primary N) is 1. The van der Waals surface area contributed by atoms with E-state index in [1.54, 1.807) is 29.5 Å². The quantitative estimate of drug-likeness (QED) is 0.376. The summed E-state index contributed by atoms with van der Waals surface area (Å²) in [4.78, 5) is 32.9. The molecular formula is C23H23N5O2S. The third kappa shape index (κ3) is 3.72. The average Bonchev–Trinajstić information content (AvgIpc) is 2.94. The summed E-state index contributed by atoms with van der Waals surface area (Å²) in [5.74, 6) is 0.440. The van der Waals surface area contributed by atoms with E-state index in [4.69, 9.17) is 10.5 Å². The summed E-state index contributed by atoms with van der Waals surface area (Å²) in [5.41, 5.74) is 11.1. The number of nitrogen functional groups attached to an aromatic ring is 1. The second-order valence-electron chi connectivity index (χ2n) is 7.94. The molecule has 158 valence electrons. The molecule has 8 heteroatoms. The van der Waals surface area contributed by atoms with Crippen LogP contribution < -0.4 is 5.73 Å². The number of hydrogen-bond acceptors (Lipinski definition) is 8. The first-order chi connectivity index (χ1) is 15.0. The predicted octanol–water partition coefficient (Wildman–Crippen LogP) is 4.46. The number of ether oxygens (including phenoxy) is 1. The highest BCUT2D eigenvalue weighted by molar-refractivity contribution is 7.19. The highest BCUT2D eigenvalue weighted by atomic mass is 32.1. The lowest BCUT2D eigenvalue weighted by molar-refractivity contribution is 0.0463. The highest BCUT2D eigenvalue weighted by Crippen LogP contribution is 2.37. The SMILES string of the molecule is Cc1nc2ccc(C(=O)OCc3nc(N)c4c5c(sc4n3)CCCCC5)cc2nc1C. The van der Waals surface area contributed by atoms with Crippen LogP contribution in [-0.4, -0.2) is 25.9 Å². The fraction of sp³-hybridized carbons (Fsp3) is 0.348. The maximum Gasteiger partial charge on any atom is 0.338 e. The molecule has 31 heavy (non-hydrogen) atoms. The van der Waals surface area contributed by atoms with Gasteiger partial charge in [-0.15, -0.1) is 11.3 Å². The van der Waals surface area contributed by atoms with E-state index in [0.717, 1.165) is 40.0 Å². The van der Waals surface area contributed by atoms with Gasteiger partial charge < -0.3 is 10.5 Å². The molecule has 0 fully saturated rings. The number of thiophene rings is 1. The molecule has 3 heterocycles. The van der Waals surface area contributed by atoms with Gasteiger partial charge in [0.25, 0.3) is 0 Å². The van der Waals surface area contributed by atoms with Crippen LogP contribution in [0.3, 0.4) is 0 Å². The number of hydrogen-bond donors (Lipinski definition) is 1. The summed E-state index contributed by atoms with van der Waals surface area (Å²) < 4.78 is 5.48. The summed E-state index contributed by atoms with van der Waals surface area (Å²) in [6, 6.07) is 5.18. The minimum atomic E-state index is -0.453. The van der Waals surface area contributed by atoms with Crippen molar-refractivity contribution in [1.82, 2.24) is 19.9 Å². The van der Waals surface area contributed by atoms with E-state index < -0.39 is 5.97 Å². The van der Waals surface area contributed by atoms with Gasteiger partial charge in [0.2, 0.25) is 0 Å². The maximum atomic E-state index is 12.6. The van der Waals surface area contributed by atoms with E-state index in [9.17, 15) is 4.79 Å².